The summed E-state index contributed by atoms with van der Waals surface area (Å²) in [5.41, 5.74) is 4.96. The minimum Gasteiger partial charge on any atom is -0.368 e. The van der Waals surface area contributed by atoms with Crippen LogP contribution >= 0.6 is 11.8 Å². The van der Waals surface area contributed by atoms with Crippen LogP contribution in [0, 0.1) is 6.26 Å². The van der Waals surface area contributed by atoms with Gasteiger partial charge in [-0.2, -0.15) is 0 Å². The smallest absolute Gasteiger partial charge is 0.237 e. The summed E-state index contributed by atoms with van der Waals surface area (Å²) >= 11 is 1.18. The molecule has 0 aliphatic carbocycles. The average molecular weight is 171 g/mol. The van der Waals surface area contributed by atoms with Crippen LogP contribution in [0.3, 0.4) is 0 Å². The van der Waals surface area contributed by atoms with Gasteiger partial charge in [0, 0.05) is 6.26 Å². The lowest BCUT2D eigenvalue weighted by Gasteiger charge is -1.98. The van der Waals surface area contributed by atoms with Gasteiger partial charge < -0.3 is 5.73 Å². The van der Waals surface area contributed by atoms with Gasteiger partial charge in [0.15, 0.2) is 5.16 Å². The Bertz CT molecular complexity index is 259. The minimum absolute atomic E-state index is 0.102. The quantitative estimate of drug-likeness (QED) is 0.631. The van der Waals surface area contributed by atoms with Crippen LogP contribution in [0.2, 0.25) is 0 Å². The number of hydrogen-bond donors (Lipinski definition) is 1. The Balaban J connectivity index is 2.76. The molecule has 0 unspecified atom stereocenters. The standard InChI is InChI=1S/C5H7N4OS/c1-11-5-8-7-3-9(5)2-4(6)10/h3H,1-2H2,(H2,6,10). The monoisotopic (exact) mass is 171 g/mol. The zero-order valence-electron chi connectivity index (χ0n) is 5.73. The van der Waals surface area contributed by atoms with E-state index in [4.69, 9.17) is 5.73 Å². The first kappa shape index (κ1) is 8.06. The summed E-state index contributed by atoms with van der Waals surface area (Å²) in [5, 5.41) is 7.87. The zero-order valence-corrected chi connectivity index (χ0v) is 6.54. The van der Waals surface area contributed by atoms with Crippen molar-refractivity contribution < 1.29 is 4.79 Å². The SMILES string of the molecule is [CH2]Sc1nncn1CC(N)=O. The van der Waals surface area contributed by atoms with E-state index in [1.807, 2.05) is 0 Å². The molecule has 0 saturated carbocycles. The maximum absolute atomic E-state index is 10.5. The average Bonchev–Trinajstić information content (AvgIpc) is 2.34. The largest absolute Gasteiger partial charge is 0.368 e. The number of rotatable bonds is 3. The fraction of sp³-hybridized carbons (Fsp3) is 0.200. The van der Waals surface area contributed by atoms with Crippen LogP contribution in [0.4, 0.5) is 0 Å². The van der Waals surface area contributed by atoms with E-state index in [2.05, 4.69) is 16.5 Å². The second-order valence-corrected chi connectivity index (χ2v) is 2.51. The van der Waals surface area contributed by atoms with Crippen LogP contribution in [0.15, 0.2) is 11.5 Å². The van der Waals surface area contributed by atoms with Crippen molar-refractivity contribution in [3.8, 4) is 0 Å². The summed E-state index contributed by atoms with van der Waals surface area (Å²) in [4.78, 5) is 10.5. The summed E-state index contributed by atoms with van der Waals surface area (Å²) in [6.07, 6.45) is 4.98. The van der Waals surface area contributed by atoms with Crippen molar-refractivity contribution in [3.63, 3.8) is 0 Å². The molecule has 2 N–H and O–H groups in total. The highest BCUT2D eigenvalue weighted by Gasteiger charge is 2.03. The zero-order chi connectivity index (χ0) is 8.27. The number of nitrogens with zero attached hydrogens (tertiary/aromatic N) is 3. The predicted octanol–water partition coefficient (Wildman–Crippen LogP) is -0.353. The van der Waals surface area contributed by atoms with Crippen LogP contribution in [0.1, 0.15) is 0 Å². The molecule has 0 spiro atoms. The Morgan fingerprint density at radius 2 is 2.64 bits per heavy atom. The first-order valence-electron chi connectivity index (χ1n) is 2.82. The first-order valence-corrected chi connectivity index (χ1v) is 3.80. The third-order valence-electron chi connectivity index (χ3n) is 1.04. The summed E-state index contributed by atoms with van der Waals surface area (Å²) in [7, 11) is 0. The lowest BCUT2D eigenvalue weighted by atomic mass is 10.6. The molecule has 1 radical (unpaired) electrons. The second-order valence-electron chi connectivity index (χ2n) is 1.85. The second kappa shape index (κ2) is 3.38. The van der Waals surface area contributed by atoms with Crippen molar-refractivity contribution >= 4 is 17.7 Å². The topological polar surface area (TPSA) is 73.8 Å². The van der Waals surface area contributed by atoms with Crippen molar-refractivity contribution in [3.05, 3.63) is 12.6 Å². The van der Waals surface area contributed by atoms with Gasteiger partial charge in [-0.1, -0.05) is 11.8 Å². The van der Waals surface area contributed by atoms with Crippen molar-refractivity contribution in [1.82, 2.24) is 14.8 Å². The van der Waals surface area contributed by atoms with Crippen molar-refractivity contribution in [2.24, 2.45) is 5.73 Å². The van der Waals surface area contributed by atoms with Crippen LogP contribution < -0.4 is 5.73 Å². The number of thioether (sulfide) groups is 1. The number of carbonyl (C=O) groups is 1. The van der Waals surface area contributed by atoms with Crippen LogP contribution in [-0.4, -0.2) is 20.7 Å². The summed E-state index contributed by atoms with van der Waals surface area (Å²) in [6, 6.07) is 0. The molecule has 0 saturated heterocycles. The number of aromatic nitrogens is 3. The Morgan fingerprint density at radius 1 is 1.91 bits per heavy atom. The maximum atomic E-state index is 10.5. The van der Waals surface area contributed by atoms with Gasteiger partial charge in [0.1, 0.15) is 12.9 Å². The molecule has 0 aliphatic heterocycles. The van der Waals surface area contributed by atoms with E-state index in [0.29, 0.717) is 5.16 Å². The predicted molar refractivity (Wildman–Crippen MR) is 40.4 cm³/mol. The number of carbonyl (C=O) groups excluding carboxylic acids is 1. The van der Waals surface area contributed by atoms with E-state index in [1.54, 1.807) is 4.57 Å². The van der Waals surface area contributed by atoms with Crippen molar-refractivity contribution in [2.45, 2.75) is 11.7 Å². The van der Waals surface area contributed by atoms with E-state index < -0.39 is 5.91 Å². The molecule has 0 aromatic carbocycles. The van der Waals surface area contributed by atoms with E-state index in [9.17, 15) is 4.79 Å². The van der Waals surface area contributed by atoms with Crippen LogP contribution in [-0.2, 0) is 11.3 Å². The highest BCUT2D eigenvalue weighted by molar-refractivity contribution is 8.00. The molecule has 0 aliphatic rings. The fourth-order valence-corrected chi connectivity index (χ4v) is 1.01. The third-order valence-corrected chi connectivity index (χ3v) is 1.61. The fourth-order valence-electron chi connectivity index (χ4n) is 0.633. The molecule has 59 valence electrons. The van der Waals surface area contributed by atoms with Gasteiger partial charge >= 0.3 is 0 Å². The molecule has 1 rings (SSSR count). The van der Waals surface area contributed by atoms with Crippen molar-refractivity contribution in [2.75, 3.05) is 0 Å². The molecule has 1 aromatic heterocycles. The molecule has 6 heteroatoms. The minimum atomic E-state index is -0.417. The van der Waals surface area contributed by atoms with Gasteiger partial charge in [0.25, 0.3) is 0 Å². The van der Waals surface area contributed by atoms with Crippen molar-refractivity contribution in [1.29, 1.82) is 0 Å². The van der Waals surface area contributed by atoms with E-state index >= 15 is 0 Å². The summed E-state index contributed by atoms with van der Waals surface area (Å²) < 4.78 is 1.54. The molecule has 0 atom stereocenters. The molecule has 0 bridgehead atoms. The van der Waals surface area contributed by atoms with Crippen LogP contribution in [0.25, 0.3) is 0 Å². The molecule has 11 heavy (non-hydrogen) atoms. The Hall–Kier alpha value is -1.04. The first-order chi connectivity index (χ1) is 5.24. The Labute approximate surface area is 68.0 Å². The third kappa shape index (κ3) is 1.94. The molecule has 1 aromatic rings. The van der Waals surface area contributed by atoms with E-state index in [1.165, 1.54) is 18.1 Å². The highest BCUT2D eigenvalue weighted by atomic mass is 32.2. The van der Waals surface area contributed by atoms with Crippen LogP contribution in [0.5, 0.6) is 0 Å². The molecule has 1 heterocycles. The molecular formula is C5H7N4OS. The molecule has 5 nitrogen and oxygen atoms in total. The van der Waals surface area contributed by atoms with Gasteiger partial charge in [0.05, 0.1) is 0 Å². The van der Waals surface area contributed by atoms with Gasteiger partial charge in [0.2, 0.25) is 5.91 Å². The lowest BCUT2D eigenvalue weighted by Crippen LogP contribution is -2.18. The van der Waals surface area contributed by atoms with Gasteiger partial charge in [-0.3, -0.25) is 9.36 Å². The van der Waals surface area contributed by atoms with Gasteiger partial charge in [-0.15, -0.1) is 10.2 Å². The molecule has 0 fully saturated rings. The number of hydrogen-bond acceptors (Lipinski definition) is 4. The molecular weight excluding hydrogens is 164 g/mol. The number of primary amides is 1. The van der Waals surface area contributed by atoms with Gasteiger partial charge in [-0.05, 0) is 0 Å². The summed E-state index contributed by atoms with van der Waals surface area (Å²) in [5.74, 6) is -0.417. The Kier molecular flexibility index (Phi) is 2.48. The van der Waals surface area contributed by atoms with E-state index in [-0.39, 0.29) is 6.54 Å². The number of nitrogens with two attached hydrogens (primary N) is 1. The number of amides is 1. The molecule has 1 amide bonds. The maximum Gasteiger partial charge on any atom is 0.237 e. The van der Waals surface area contributed by atoms with Gasteiger partial charge in [-0.25, -0.2) is 0 Å². The normalized spacial score (nSPS) is 9.91. The lowest BCUT2D eigenvalue weighted by molar-refractivity contribution is -0.118. The summed E-state index contributed by atoms with van der Waals surface area (Å²) in [6.45, 7) is 0.102. The van der Waals surface area contributed by atoms with E-state index in [0.717, 1.165) is 0 Å². The highest BCUT2D eigenvalue weighted by Crippen LogP contribution is 2.10. The Morgan fingerprint density at radius 3 is 3.18 bits per heavy atom.